The van der Waals surface area contributed by atoms with Gasteiger partial charge < -0.3 is 54.3 Å². The van der Waals surface area contributed by atoms with Gasteiger partial charge in [-0.1, -0.05) is 0 Å². The smallest absolute Gasteiger partial charge is 0.187 e. The molecule has 11 nitrogen and oxygen atoms in total. The molecular formula is C15H28O11. The maximum absolute atomic E-state index is 10.3. The molecule has 0 aromatic rings. The molecule has 0 aliphatic carbocycles. The summed E-state index contributed by atoms with van der Waals surface area (Å²) in [4.78, 5) is 0. The second-order valence-corrected chi connectivity index (χ2v) is 6.17. The minimum atomic E-state index is -1.56. The summed E-state index contributed by atoms with van der Waals surface area (Å²) < 4.78 is 26.4. The summed E-state index contributed by atoms with van der Waals surface area (Å²) >= 11 is 0. The van der Waals surface area contributed by atoms with E-state index in [9.17, 15) is 30.6 Å². The van der Waals surface area contributed by atoms with Gasteiger partial charge in [0.2, 0.25) is 0 Å². The number of methoxy groups -OCH3 is 1. The van der Waals surface area contributed by atoms with Crippen LogP contribution in [-0.4, -0.2) is 119 Å². The van der Waals surface area contributed by atoms with E-state index < -0.39 is 74.6 Å². The highest BCUT2D eigenvalue weighted by molar-refractivity contribution is 4.94. The zero-order valence-electron chi connectivity index (χ0n) is 14.6. The number of rotatable bonds is 7. The van der Waals surface area contributed by atoms with Crippen LogP contribution in [0.2, 0.25) is 0 Å². The number of aliphatic hydroxyl groups is 6. The van der Waals surface area contributed by atoms with Crippen LogP contribution in [0.4, 0.5) is 0 Å². The molecule has 2 rings (SSSR count). The van der Waals surface area contributed by atoms with Crippen molar-refractivity contribution in [2.45, 2.75) is 68.3 Å². The first kappa shape index (κ1) is 21.9. The number of ether oxygens (including phenoxy) is 5. The lowest BCUT2D eigenvalue weighted by Crippen LogP contribution is -2.65. The fourth-order valence-corrected chi connectivity index (χ4v) is 3.13. The molecule has 0 aromatic heterocycles. The Hall–Kier alpha value is -0.440. The third kappa shape index (κ3) is 4.34. The fraction of sp³-hybridized carbons (Fsp3) is 1.00. The largest absolute Gasteiger partial charge is 0.394 e. The lowest BCUT2D eigenvalue weighted by molar-refractivity contribution is -0.359. The highest BCUT2D eigenvalue weighted by atomic mass is 16.7. The van der Waals surface area contributed by atoms with Crippen LogP contribution >= 0.6 is 0 Å². The van der Waals surface area contributed by atoms with E-state index in [0.29, 0.717) is 0 Å². The molecule has 10 unspecified atom stereocenters. The minimum Gasteiger partial charge on any atom is -0.394 e. The van der Waals surface area contributed by atoms with Crippen LogP contribution in [-0.2, 0) is 23.7 Å². The molecule has 26 heavy (non-hydrogen) atoms. The first-order valence-electron chi connectivity index (χ1n) is 8.44. The molecule has 0 bridgehead atoms. The van der Waals surface area contributed by atoms with Crippen molar-refractivity contribution in [3.8, 4) is 0 Å². The number of hydrogen-bond acceptors (Lipinski definition) is 11. The van der Waals surface area contributed by atoms with E-state index in [2.05, 4.69) is 0 Å². The van der Waals surface area contributed by atoms with Gasteiger partial charge in [-0.15, -0.1) is 0 Å². The van der Waals surface area contributed by atoms with Gasteiger partial charge in [-0.25, -0.2) is 0 Å². The molecule has 2 aliphatic rings. The SMILES string of the molecule is CCOC1C(CO)OC(OC2C(CO)OC(OC)C(O)C2O)C(O)C1O. The van der Waals surface area contributed by atoms with Crippen molar-refractivity contribution in [1.29, 1.82) is 0 Å². The average molecular weight is 384 g/mol. The molecule has 2 heterocycles. The van der Waals surface area contributed by atoms with Gasteiger partial charge in [0.1, 0.15) is 48.8 Å². The predicted molar refractivity (Wildman–Crippen MR) is 82.8 cm³/mol. The summed E-state index contributed by atoms with van der Waals surface area (Å²) in [5.74, 6) is 0. The summed E-state index contributed by atoms with van der Waals surface area (Å²) in [6, 6.07) is 0. The molecule has 0 radical (unpaired) electrons. The third-order valence-electron chi connectivity index (χ3n) is 4.52. The van der Waals surface area contributed by atoms with Crippen molar-refractivity contribution >= 4 is 0 Å². The monoisotopic (exact) mass is 384 g/mol. The Morgan fingerprint density at radius 1 is 0.769 bits per heavy atom. The number of aliphatic hydroxyl groups excluding tert-OH is 6. The van der Waals surface area contributed by atoms with Crippen LogP contribution in [0.1, 0.15) is 6.92 Å². The molecule has 0 aromatic carbocycles. The predicted octanol–water partition coefficient (Wildman–Crippen LogP) is -3.70. The number of hydrogen-bond donors (Lipinski definition) is 6. The maximum Gasteiger partial charge on any atom is 0.187 e. The van der Waals surface area contributed by atoms with Crippen molar-refractivity contribution in [2.24, 2.45) is 0 Å². The van der Waals surface area contributed by atoms with Crippen molar-refractivity contribution < 1.29 is 54.3 Å². The third-order valence-corrected chi connectivity index (χ3v) is 4.52. The molecule has 2 fully saturated rings. The van der Waals surface area contributed by atoms with Crippen LogP contribution in [0.3, 0.4) is 0 Å². The highest BCUT2D eigenvalue weighted by Gasteiger charge is 2.51. The Labute approximate surface area is 150 Å². The van der Waals surface area contributed by atoms with Gasteiger partial charge in [0.05, 0.1) is 13.2 Å². The van der Waals surface area contributed by atoms with Crippen molar-refractivity contribution in [3.63, 3.8) is 0 Å². The van der Waals surface area contributed by atoms with Gasteiger partial charge in [0.25, 0.3) is 0 Å². The van der Waals surface area contributed by atoms with Crippen molar-refractivity contribution in [3.05, 3.63) is 0 Å². The van der Waals surface area contributed by atoms with Crippen molar-refractivity contribution in [1.82, 2.24) is 0 Å². The van der Waals surface area contributed by atoms with E-state index in [0.717, 1.165) is 0 Å². The Balaban J connectivity index is 2.12. The van der Waals surface area contributed by atoms with E-state index in [1.807, 2.05) is 0 Å². The lowest BCUT2D eigenvalue weighted by atomic mass is 9.97. The Bertz CT molecular complexity index is 420. The second-order valence-electron chi connectivity index (χ2n) is 6.17. The van der Waals surface area contributed by atoms with E-state index in [1.54, 1.807) is 6.92 Å². The van der Waals surface area contributed by atoms with Gasteiger partial charge >= 0.3 is 0 Å². The molecule has 2 saturated heterocycles. The van der Waals surface area contributed by atoms with Crippen LogP contribution in [0, 0.1) is 0 Å². The van der Waals surface area contributed by atoms with Gasteiger partial charge in [0, 0.05) is 13.7 Å². The molecule has 0 amide bonds. The minimum absolute atomic E-state index is 0.228. The average Bonchev–Trinajstić information content (AvgIpc) is 2.65. The molecule has 0 saturated carbocycles. The van der Waals surface area contributed by atoms with E-state index in [1.165, 1.54) is 7.11 Å². The van der Waals surface area contributed by atoms with E-state index in [4.69, 9.17) is 23.7 Å². The zero-order valence-corrected chi connectivity index (χ0v) is 14.6. The fourth-order valence-electron chi connectivity index (χ4n) is 3.13. The molecular weight excluding hydrogens is 356 g/mol. The van der Waals surface area contributed by atoms with Crippen molar-refractivity contribution in [2.75, 3.05) is 26.9 Å². The summed E-state index contributed by atoms with van der Waals surface area (Å²) in [5, 5.41) is 59.7. The van der Waals surface area contributed by atoms with Gasteiger partial charge in [-0.05, 0) is 6.92 Å². The first-order valence-corrected chi connectivity index (χ1v) is 8.44. The molecule has 10 atom stereocenters. The maximum atomic E-state index is 10.3. The molecule has 6 N–H and O–H groups in total. The quantitative estimate of drug-likeness (QED) is 0.256. The standard InChI is InChI=1S/C15H28O11/c1-3-23-12-6(4-16)25-15(11(21)8(12)18)26-13-7(5-17)24-14(22-2)10(20)9(13)19/h6-21H,3-5H2,1-2H3. The molecule has 2 aliphatic heterocycles. The second kappa shape index (κ2) is 9.66. The topological polar surface area (TPSA) is 168 Å². The van der Waals surface area contributed by atoms with Gasteiger partial charge in [-0.2, -0.15) is 0 Å². The normalized spacial score (nSPS) is 47.1. The summed E-state index contributed by atoms with van der Waals surface area (Å²) in [5.41, 5.74) is 0. The summed E-state index contributed by atoms with van der Waals surface area (Å²) in [6.07, 6.45) is -12.9. The molecule has 0 spiro atoms. The van der Waals surface area contributed by atoms with Crippen LogP contribution in [0.15, 0.2) is 0 Å². The Morgan fingerprint density at radius 3 is 1.81 bits per heavy atom. The van der Waals surface area contributed by atoms with E-state index >= 15 is 0 Å². The van der Waals surface area contributed by atoms with Crippen LogP contribution in [0.5, 0.6) is 0 Å². The Morgan fingerprint density at radius 2 is 1.27 bits per heavy atom. The lowest BCUT2D eigenvalue weighted by Gasteiger charge is -2.46. The summed E-state index contributed by atoms with van der Waals surface area (Å²) in [7, 11) is 1.26. The summed E-state index contributed by atoms with van der Waals surface area (Å²) in [6.45, 7) is 0.845. The van der Waals surface area contributed by atoms with Gasteiger partial charge in [0.15, 0.2) is 12.6 Å². The van der Waals surface area contributed by atoms with E-state index in [-0.39, 0.29) is 6.61 Å². The highest BCUT2D eigenvalue weighted by Crippen LogP contribution is 2.30. The first-order chi connectivity index (χ1) is 12.4. The van der Waals surface area contributed by atoms with Gasteiger partial charge in [-0.3, -0.25) is 0 Å². The zero-order chi connectivity index (χ0) is 19.4. The molecule has 11 heteroatoms. The Kier molecular flexibility index (Phi) is 8.12. The molecule has 154 valence electrons. The van der Waals surface area contributed by atoms with Crippen LogP contribution < -0.4 is 0 Å². The van der Waals surface area contributed by atoms with Crippen LogP contribution in [0.25, 0.3) is 0 Å².